The highest BCUT2D eigenvalue weighted by atomic mass is 32.1. The first-order chi connectivity index (χ1) is 14.1. The van der Waals surface area contributed by atoms with Crippen LogP contribution >= 0.6 is 11.3 Å². The molecule has 1 aromatic rings. The number of nitrogens with one attached hydrogen (secondary N) is 1. The first-order valence-electron chi connectivity index (χ1n) is 8.82. The van der Waals surface area contributed by atoms with E-state index in [0.717, 1.165) is 11.3 Å². The summed E-state index contributed by atoms with van der Waals surface area (Å²) in [6.45, 7) is 3.04. The van der Waals surface area contributed by atoms with Crippen LogP contribution in [0.2, 0.25) is 0 Å². The third-order valence-electron chi connectivity index (χ3n) is 4.12. The average Bonchev–Trinajstić information content (AvgIpc) is 3.36. The Bertz CT molecular complexity index is 915. The Kier molecular flexibility index (Phi) is 5.89. The molecule has 0 saturated carbocycles. The van der Waals surface area contributed by atoms with Crippen molar-refractivity contribution in [3.8, 4) is 0 Å². The van der Waals surface area contributed by atoms with E-state index in [9.17, 15) is 24.3 Å². The molecule has 3 rings (SSSR count). The molecule has 2 amide bonds. The maximum Gasteiger partial charge on any atom is 0.372 e. The van der Waals surface area contributed by atoms with E-state index in [4.69, 9.17) is 20.1 Å². The first kappa shape index (κ1) is 21.4. The Labute approximate surface area is 173 Å². The van der Waals surface area contributed by atoms with Gasteiger partial charge in [0, 0.05) is 11.8 Å². The summed E-state index contributed by atoms with van der Waals surface area (Å²) in [6, 6.07) is -1.24. The highest BCUT2D eigenvalue weighted by Gasteiger charge is 2.59. The number of amides is 2. The number of carboxylic acids is 1. The molecule has 13 nitrogen and oxygen atoms in total. The summed E-state index contributed by atoms with van der Waals surface area (Å²) < 4.78 is 4.87. The van der Waals surface area contributed by atoms with E-state index in [1.54, 1.807) is 13.8 Å². The predicted octanol–water partition coefficient (Wildman–Crippen LogP) is -0.769. The van der Waals surface area contributed by atoms with Gasteiger partial charge in [-0.1, -0.05) is 5.16 Å². The first-order valence-corrected chi connectivity index (χ1v) is 9.70. The van der Waals surface area contributed by atoms with E-state index in [-0.39, 0.29) is 42.1 Å². The van der Waals surface area contributed by atoms with Gasteiger partial charge in [0.25, 0.3) is 11.8 Å². The number of nitrogen functional groups attached to an aromatic ring is 1. The summed E-state index contributed by atoms with van der Waals surface area (Å²) in [4.78, 5) is 62.9. The molecule has 1 aromatic heterocycles. The number of cyclic esters (lactones) is 1. The second-order valence-corrected chi connectivity index (χ2v) is 7.57. The fourth-order valence-corrected chi connectivity index (χ4v) is 3.29. The topological polar surface area (TPSA) is 183 Å². The van der Waals surface area contributed by atoms with Crippen molar-refractivity contribution in [1.29, 1.82) is 0 Å². The van der Waals surface area contributed by atoms with Gasteiger partial charge in [-0.05, 0) is 13.8 Å². The third-order valence-corrected chi connectivity index (χ3v) is 4.80. The number of aromatic nitrogens is 1. The van der Waals surface area contributed by atoms with Crippen molar-refractivity contribution >= 4 is 45.9 Å². The lowest BCUT2D eigenvalue weighted by Gasteiger charge is -2.30. The maximum absolute atomic E-state index is 12.7. The number of nitrogens with two attached hydrogens (primary N) is 1. The molecule has 2 saturated heterocycles. The Morgan fingerprint density at radius 2 is 2.23 bits per heavy atom. The SMILES string of the molecule is CC(C)ON=C(C(=O)N[C@H]1CON(C2(C(=O)O)CCC(=O)O2)C1=O)c1csc(N)n1. The standard InChI is InChI=1S/C16H19N5O8S/c1-7(2)29-20-11(9-6-30-15(17)19-9)12(23)18-8-5-27-21(13(8)24)16(14(25)26)4-3-10(22)28-16/h6-8H,3-5H2,1-2H3,(H2,17,19)(H,18,23)(H,25,26)/t8-,16?/m0/s1. The van der Waals surface area contributed by atoms with Gasteiger partial charge >= 0.3 is 17.7 Å². The third kappa shape index (κ3) is 4.04. The van der Waals surface area contributed by atoms with Gasteiger partial charge in [-0.15, -0.1) is 11.3 Å². The molecule has 162 valence electrons. The fourth-order valence-electron chi connectivity index (χ4n) is 2.74. The number of anilines is 1. The minimum Gasteiger partial charge on any atom is -0.477 e. The Balaban J connectivity index is 1.77. The lowest BCUT2D eigenvalue weighted by atomic mass is 10.1. The normalized spacial score (nSPS) is 24.3. The smallest absolute Gasteiger partial charge is 0.372 e. The molecule has 3 heterocycles. The van der Waals surface area contributed by atoms with Crippen LogP contribution in [0.3, 0.4) is 0 Å². The van der Waals surface area contributed by atoms with Crippen LogP contribution in [0.25, 0.3) is 0 Å². The molecule has 2 atom stereocenters. The molecule has 4 N–H and O–H groups in total. The number of thiazole rings is 1. The summed E-state index contributed by atoms with van der Waals surface area (Å²) in [5.74, 6) is -4.03. The van der Waals surface area contributed by atoms with Gasteiger partial charge in [0.1, 0.15) is 24.4 Å². The van der Waals surface area contributed by atoms with Crippen molar-refractivity contribution in [2.75, 3.05) is 12.3 Å². The molecule has 14 heteroatoms. The number of rotatable bonds is 7. The predicted molar refractivity (Wildman–Crippen MR) is 99.7 cm³/mol. The van der Waals surface area contributed by atoms with Crippen LogP contribution in [-0.4, -0.2) is 69.1 Å². The molecule has 0 bridgehead atoms. The van der Waals surface area contributed by atoms with Crippen LogP contribution in [0.1, 0.15) is 32.4 Å². The molecule has 30 heavy (non-hydrogen) atoms. The van der Waals surface area contributed by atoms with Gasteiger partial charge in [-0.3, -0.25) is 19.2 Å². The van der Waals surface area contributed by atoms with Crippen molar-refractivity contribution in [2.45, 2.75) is 44.6 Å². The zero-order valence-electron chi connectivity index (χ0n) is 16.0. The van der Waals surface area contributed by atoms with Crippen molar-refractivity contribution < 1.29 is 38.7 Å². The molecule has 0 aliphatic carbocycles. The molecular formula is C16H19N5O8S. The second-order valence-electron chi connectivity index (χ2n) is 6.68. The Morgan fingerprint density at radius 1 is 1.50 bits per heavy atom. The Hall–Kier alpha value is -3.26. The van der Waals surface area contributed by atoms with E-state index in [0.29, 0.717) is 5.06 Å². The van der Waals surface area contributed by atoms with Gasteiger partial charge in [0.15, 0.2) is 10.8 Å². The van der Waals surface area contributed by atoms with Crippen LogP contribution in [-0.2, 0) is 33.6 Å². The van der Waals surface area contributed by atoms with Crippen molar-refractivity contribution in [3.05, 3.63) is 11.1 Å². The van der Waals surface area contributed by atoms with E-state index in [1.165, 1.54) is 5.38 Å². The summed E-state index contributed by atoms with van der Waals surface area (Å²) >= 11 is 1.08. The molecule has 1 unspecified atom stereocenters. The maximum atomic E-state index is 12.7. The van der Waals surface area contributed by atoms with Gasteiger partial charge in [-0.2, -0.15) is 5.06 Å². The molecule has 2 fully saturated rings. The number of hydroxylamine groups is 2. The quantitative estimate of drug-likeness (QED) is 0.276. The van der Waals surface area contributed by atoms with Crippen molar-refractivity contribution in [3.63, 3.8) is 0 Å². The number of nitrogens with zero attached hydrogens (tertiary/aromatic N) is 3. The molecule has 0 radical (unpaired) electrons. The van der Waals surface area contributed by atoms with Crippen LogP contribution in [0, 0.1) is 0 Å². The minimum atomic E-state index is -2.27. The van der Waals surface area contributed by atoms with Crippen LogP contribution in [0.5, 0.6) is 0 Å². The van der Waals surface area contributed by atoms with Crippen LogP contribution in [0.15, 0.2) is 10.5 Å². The summed E-state index contributed by atoms with van der Waals surface area (Å²) in [6.07, 6.45) is -0.797. The van der Waals surface area contributed by atoms with Crippen LogP contribution in [0.4, 0.5) is 5.13 Å². The minimum absolute atomic E-state index is 0.144. The average molecular weight is 441 g/mol. The number of hydrogen-bond acceptors (Lipinski definition) is 11. The number of ether oxygens (including phenoxy) is 1. The van der Waals surface area contributed by atoms with Crippen molar-refractivity contribution in [1.82, 2.24) is 15.4 Å². The lowest BCUT2D eigenvalue weighted by molar-refractivity contribution is -0.256. The number of carboxylic acid groups (broad SMARTS) is 1. The summed E-state index contributed by atoms with van der Waals surface area (Å²) in [5, 5.41) is 17.9. The van der Waals surface area contributed by atoms with E-state index in [2.05, 4.69) is 15.5 Å². The fraction of sp³-hybridized carbons (Fsp3) is 0.500. The van der Waals surface area contributed by atoms with E-state index < -0.39 is 35.5 Å². The van der Waals surface area contributed by atoms with E-state index >= 15 is 0 Å². The molecule has 2 aliphatic rings. The Morgan fingerprint density at radius 3 is 2.77 bits per heavy atom. The summed E-state index contributed by atoms with van der Waals surface area (Å²) in [5.41, 5.74) is 3.26. The van der Waals surface area contributed by atoms with E-state index in [1.807, 2.05) is 0 Å². The van der Waals surface area contributed by atoms with Gasteiger partial charge in [0.2, 0.25) is 0 Å². The number of carbonyl (C=O) groups excluding carboxylic acids is 3. The summed E-state index contributed by atoms with van der Waals surface area (Å²) in [7, 11) is 0. The zero-order valence-corrected chi connectivity index (χ0v) is 16.8. The number of oxime groups is 1. The largest absolute Gasteiger partial charge is 0.477 e. The number of aliphatic carboxylic acids is 1. The molecular weight excluding hydrogens is 422 g/mol. The number of hydrogen-bond donors (Lipinski definition) is 3. The zero-order chi connectivity index (χ0) is 22.1. The lowest BCUT2D eigenvalue weighted by Crippen LogP contribution is -2.57. The van der Waals surface area contributed by atoms with Crippen LogP contribution < -0.4 is 11.1 Å². The molecule has 0 spiro atoms. The second kappa shape index (κ2) is 8.23. The van der Waals surface area contributed by atoms with Gasteiger partial charge < -0.3 is 25.7 Å². The van der Waals surface area contributed by atoms with Gasteiger partial charge in [0.05, 0.1) is 6.42 Å². The highest BCUT2D eigenvalue weighted by molar-refractivity contribution is 7.13. The van der Waals surface area contributed by atoms with Crippen molar-refractivity contribution in [2.24, 2.45) is 5.16 Å². The van der Waals surface area contributed by atoms with Gasteiger partial charge in [-0.25, -0.2) is 9.78 Å². The molecule has 0 aromatic carbocycles. The monoisotopic (exact) mass is 441 g/mol. The number of carbonyl (C=O) groups is 4. The highest BCUT2D eigenvalue weighted by Crippen LogP contribution is 2.34. The number of esters is 1. The molecule has 2 aliphatic heterocycles.